The Morgan fingerprint density at radius 3 is 2.76 bits per heavy atom. The largest absolute Gasteiger partial charge is 0.378 e. The van der Waals surface area contributed by atoms with Gasteiger partial charge in [-0.15, -0.1) is 11.3 Å². The van der Waals surface area contributed by atoms with Gasteiger partial charge < -0.3 is 15.0 Å². The summed E-state index contributed by atoms with van der Waals surface area (Å²) in [7, 11) is 0. The van der Waals surface area contributed by atoms with Crippen molar-refractivity contribution < 1.29 is 9.53 Å². The Balaban J connectivity index is 1.57. The van der Waals surface area contributed by atoms with Crippen molar-refractivity contribution in [2.45, 2.75) is 6.42 Å². The van der Waals surface area contributed by atoms with Gasteiger partial charge in [-0.1, -0.05) is 6.07 Å². The van der Waals surface area contributed by atoms with Crippen LogP contribution in [0.5, 0.6) is 0 Å². The van der Waals surface area contributed by atoms with Gasteiger partial charge in [0, 0.05) is 18.0 Å². The molecule has 0 radical (unpaired) electrons. The molecule has 2 aromatic heterocycles. The zero-order valence-electron chi connectivity index (χ0n) is 11.5. The molecular formula is C14H16N4O2S. The summed E-state index contributed by atoms with van der Waals surface area (Å²) in [6, 6.07) is 3.88. The number of carbonyl (C=O) groups excluding carboxylic acids is 1. The Morgan fingerprint density at radius 2 is 2.10 bits per heavy atom. The Hall–Kier alpha value is -1.99. The van der Waals surface area contributed by atoms with E-state index in [2.05, 4.69) is 20.2 Å². The third-order valence-corrected chi connectivity index (χ3v) is 4.01. The SMILES string of the molecule is O=C(Cc1cccs1)Nc1cnc(N2CCOCC2)nc1. The van der Waals surface area contributed by atoms with Crippen LogP contribution in [0.4, 0.5) is 11.6 Å². The lowest BCUT2D eigenvalue weighted by Crippen LogP contribution is -2.37. The van der Waals surface area contributed by atoms with Crippen LogP contribution in [0.2, 0.25) is 0 Å². The van der Waals surface area contributed by atoms with Crippen molar-refractivity contribution in [1.29, 1.82) is 0 Å². The van der Waals surface area contributed by atoms with Gasteiger partial charge in [0.15, 0.2) is 0 Å². The summed E-state index contributed by atoms with van der Waals surface area (Å²) < 4.78 is 5.29. The molecule has 0 aliphatic carbocycles. The van der Waals surface area contributed by atoms with E-state index in [-0.39, 0.29) is 5.91 Å². The Labute approximate surface area is 126 Å². The number of nitrogens with one attached hydrogen (secondary N) is 1. The molecule has 3 heterocycles. The van der Waals surface area contributed by atoms with E-state index in [1.807, 2.05) is 17.5 Å². The van der Waals surface area contributed by atoms with Crippen LogP contribution in [-0.4, -0.2) is 42.2 Å². The topological polar surface area (TPSA) is 67.4 Å². The van der Waals surface area contributed by atoms with Crippen LogP contribution < -0.4 is 10.2 Å². The maximum atomic E-state index is 11.9. The molecule has 1 N–H and O–H groups in total. The molecule has 0 atom stereocenters. The number of hydrogen-bond donors (Lipinski definition) is 1. The van der Waals surface area contributed by atoms with Crippen LogP contribution >= 0.6 is 11.3 Å². The molecule has 2 aromatic rings. The van der Waals surface area contributed by atoms with Gasteiger partial charge >= 0.3 is 0 Å². The molecular weight excluding hydrogens is 288 g/mol. The molecule has 21 heavy (non-hydrogen) atoms. The van der Waals surface area contributed by atoms with Crippen molar-refractivity contribution in [2.75, 3.05) is 36.5 Å². The van der Waals surface area contributed by atoms with Gasteiger partial charge in [0.2, 0.25) is 11.9 Å². The molecule has 1 fully saturated rings. The highest BCUT2D eigenvalue weighted by Gasteiger charge is 2.13. The Bertz CT molecular complexity index is 580. The fourth-order valence-electron chi connectivity index (χ4n) is 2.09. The Morgan fingerprint density at radius 1 is 1.33 bits per heavy atom. The summed E-state index contributed by atoms with van der Waals surface area (Å²) in [4.78, 5) is 23.6. The van der Waals surface area contributed by atoms with Crippen molar-refractivity contribution in [1.82, 2.24) is 9.97 Å². The predicted octanol–water partition coefficient (Wildman–Crippen LogP) is 1.56. The third-order valence-electron chi connectivity index (χ3n) is 3.13. The van der Waals surface area contributed by atoms with Crippen molar-refractivity contribution in [3.8, 4) is 0 Å². The van der Waals surface area contributed by atoms with Gasteiger partial charge in [0.1, 0.15) is 0 Å². The zero-order chi connectivity index (χ0) is 14.5. The quantitative estimate of drug-likeness (QED) is 0.928. The normalized spacial score (nSPS) is 15.0. The number of ether oxygens (including phenoxy) is 1. The number of nitrogens with zero attached hydrogens (tertiary/aromatic N) is 3. The number of rotatable bonds is 4. The number of thiophene rings is 1. The number of hydrogen-bond acceptors (Lipinski definition) is 6. The van der Waals surface area contributed by atoms with Gasteiger partial charge in [-0.25, -0.2) is 9.97 Å². The van der Waals surface area contributed by atoms with E-state index >= 15 is 0 Å². The maximum absolute atomic E-state index is 11.9. The van der Waals surface area contributed by atoms with Gasteiger partial charge in [0.25, 0.3) is 0 Å². The van der Waals surface area contributed by atoms with Crippen molar-refractivity contribution >= 4 is 28.9 Å². The number of aromatic nitrogens is 2. The monoisotopic (exact) mass is 304 g/mol. The molecule has 0 aromatic carbocycles. The molecule has 1 aliphatic heterocycles. The van der Waals surface area contributed by atoms with Crippen molar-refractivity contribution in [2.24, 2.45) is 0 Å². The van der Waals surface area contributed by atoms with E-state index < -0.39 is 0 Å². The summed E-state index contributed by atoms with van der Waals surface area (Å²) in [5.41, 5.74) is 0.619. The molecule has 1 aliphatic rings. The second-order valence-electron chi connectivity index (χ2n) is 4.68. The second-order valence-corrected chi connectivity index (χ2v) is 5.71. The molecule has 0 saturated carbocycles. The van der Waals surface area contributed by atoms with Gasteiger partial charge in [0.05, 0.1) is 37.7 Å². The van der Waals surface area contributed by atoms with E-state index in [1.165, 1.54) is 0 Å². The molecule has 6 nitrogen and oxygen atoms in total. The van der Waals surface area contributed by atoms with E-state index in [4.69, 9.17) is 4.74 Å². The Kier molecular flexibility index (Phi) is 4.42. The molecule has 1 amide bonds. The standard InChI is InChI=1S/C14H16N4O2S/c19-13(8-12-2-1-7-21-12)17-11-9-15-14(16-10-11)18-3-5-20-6-4-18/h1-2,7,9-10H,3-6,8H2,(H,17,19). The molecule has 7 heteroatoms. The highest BCUT2D eigenvalue weighted by atomic mass is 32.1. The lowest BCUT2D eigenvalue weighted by molar-refractivity contribution is -0.115. The van der Waals surface area contributed by atoms with E-state index in [9.17, 15) is 4.79 Å². The first-order chi connectivity index (χ1) is 10.3. The van der Waals surface area contributed by atoms with Crippen LogP contribution in [0.1, 0.15) is 4.88 Å². The first kappa shape index (κ1) is 14.0. The molecule has 0 unspecified atom stereocenters. The molecule has 0 bridgehead atoms. The second kappa shape index (κ2) is 6.64. The molecule has 0 spiro atoms. The average molecular weight is 304 g/mol. The molecule has 1 saturated heterocycles. The summed E-state index contributed by atoms with van der Waals surface area (Å²) in [5, 5.41) is 4.77. The average Bonchev–Trinajstić information content (AvgIpc) is 3.02. The van der Waals surface area contributed by atoms with Gasteiger partial charge in [-0.05, 0) is 11.4 Å². The molecule has 110 valence electrons. The van der Waals surface area contributed by atoms with E-state index in [0.29, 0.717) is 31.3 Å². The van der Waals surface area contributed by atoms with Crippen LogP contribution in [0, 0.1) is 0 Å². The predicted molar refractivity (Wildman–Crippen MR) is 81.7 cm³/mol. The number of anilines is 2. The smallest absolute Gasteiger partial charge is 0.229 e. The fraction of sp³-hybridized carbons (Fsp3) is 0.357. The summed E-state index contributed by atoms with van der Waals surface area (Å²) in [5.74, 6) is 0.620. The van der Waals surface area contributed by atoms with Crippen LogP contribution in [-0.2, 0) is 16.0 Å². The highest BCUT2D eigenvalue weighted by molar-refractivity contribution is 7.10. The fourth-order valence-corrected chi connectivity index (χ4v) is 2.79. The molecule has 3 rings (SSSR count). The minimum atomic E-state index is -0.0554. The first-order valence-corrected chi connectivity index (χ1v) is 7.66. The van der Waals surface area contributed by atoms with Crippen LogP contribution in [0.3, 0.4) is 0 Å². The lowest BCUT2D eigenvalue weighted by Gasteiger charge is -2.26. The highest BCUT2D eigenvalue weighted by Crippen LogP contribution is 2.13. The number of carbonyl (C=O) groups is 1. The summed E-state index contributed by atoms with van der Waals surface area (Å²) >= 11 is 1.57. The summed E-state index contributed by atoms with van der Waals surface area (Å²) in [6.45, 7) is 2.99. The minimum absolute atomic E-state index is 0.0554. The van der Waals surface area contributed by atoms with Crippen molar-refractivity contribution in [3.05, 3.63) is 34.8 Å². The number of amides is 1. The number of morpholine rings is 1. The van der Waals surface area contributed by atoms with Gasteiger partial charge in [-0.3, -0.25) is 4.79 Å². The van der Waals surface area contributed by atoms with Gasteiger partial charge in [-0.2, -0.15) is 0 Å². The maximum Gasteiger partial charge on any atom is 0.229 e. The zero-order valence-corrected chi connectivity index (χ0v) is 12.3. The minimum Gasteiger partial charge on any atom is -0.378 e. The van der Waals surface area contributed by atoms with Crippen molar-refractivity contribution in [3.63, 3.8) is 0 Å². The third kappa shape index (κ3) is 3.77. The van der Waals surface area contributed by atoms with E-state index in [1.54, 1.807) is 23.7 Å². The lowest BCUT2D eigenvalue weighted by atomic mass is 10.3. The van der Waals surface area contributed by atoms with Crippen LogP contribution in [0.15, 0.2) is 29.9 Å². The van der Waals surface area contributed by atoms with Crippen LogP contribution in [0.25, 0.3) is 0 Å². The first-order valence-electron chi connectivity index (χ1n) is 6.78. The van der Waals surface area contributed by atoms with E-state index in [0.717, 1.165) is 18.0 Å². The summed E-state index contributed by atoms with van der Waals surface area (Å²) in [6.07, 6.45) is 3.66.